The predicted molar refractivity (Wildman–Crippen MR) is 95.5 cm³/mol. The van der Waals surface area contributed by atoms with Crippen molar-refractivity contribution in [3.05, 3.63) is 23.8 Å². The van der Waals surface area contributed by atoms with Crippen molar-refractivity contribution < 1.29 is 29.3 Å². The zero-order valence-electron chi connectivity index (χ0n) is 15.9. The van der Waals surface area contributed by atoms with Crippen LogP contribution in [-0.4, -0.2) is 44.4 Å². The molecule has 0 aliphatic heterocycles. The van der Waals surface area contributed by atoms with Crippen LogP contribution in [-0.2, 0) is 9.59 Å². The van der Waals surface area contributed by atoms with Gasteiger partial charge in [0.2, 0.25) is 0 Å². The van der Waals surface area contributed by atoms with Crippen molar-refractivity contribution in [3.8, 4) is 0 Å². The summed E-state index contributed by atoms with van der Waals surface area (Å²) in [5.41, 5.74) is -5.51. The van der Waals surface area contributed by atoms with Gasteiger partial charge >= 0.3 is 5.97 Å². The van der Waals surface area contributed by atoms with Gasteiger partial charge in [0, 0.05) is 16.7 Å². The van der Waals surface area contributed by atoms with Crippen LogP contribution >= 0.6 is 0 Å². The molecule has 5 nitrogen and oxygen atoms in total. The zero-order chi connectivity index (χ0) is 20.0. The van der Waals surface area contributed by atoms with Gasteiger partial charge in [-0.15, -0.1) is 0 Å². The molecular weight excluding hydrogens is 351 g/mol. The number of carboxylic acids is 1. The van der Waals surface area contributed by atoms with Crippen LogP contribution in [0.5, 0.6) is 0 Å². The average molecular weight is 378 g/mol. The van der Waals surface area contributed by atoms with Crippen LogP contribution in [0.2, 0.25) is 0 Å². The Morgan fingerprint density at radius 3 is 2.59 bits per heavy atom. The molecule has 4 aliphatic rings. The molecule has 0 heterocycles. The molecule has 0 radical (unpaired) electrons. The second-order valence-corrected chi connectivity index (χ2v) is 9.47. The molecule has 0 spiro atoms. The van der Waals surface area contributed by atoms with Gasteiger partial charge in [-0.05, 0) is 56.6 Å². The maximum atomic E-state index is 16.8. The van der Waals surface area contributed by atoms with Gasteiger partial charge in [0.25, 0.3) is 0 Å². The van der Waals surface area contributed by atoms with Crippen molar-refractivity contribution in [2.24, 2.45) is 28.6 Å². The van der Waals surface area contributed by atoms with Crippen molar-refractivity contribution in [2.75, 3.05) is 0 Å². The third-order valence-corrected chi connectivity index (χ3v) is 8.55. The Bertz CT molecular complexity index is 789. The summed E-state index contributed by atoms with van der Waals surface area (Å²) in [6, 6.07) is 0. The molecule has 0 aromatic rings. The highest BCUT2D eigenvalue weighted by molar-refractivity contribution is 6.01. The predicted octanol–water partition coefficient (Wildman–Crippen LogP) is 2.42. The maximum Gasteiger partial charge on any atom is 0.336 e. The summed E-state index contributed by atoms with van der Waals surface area (Å²) in [6.45, 7) is 5.10. The number of hydrogen-bond acceptors (Lipinski definition) is 4. The van der Waals surface area contributed by atoms with Gasteiger partial charge in [-0.2, -0.15) is 0 Å². The molecule has 0 saturated heterocycles. The quantitative estimate of drug-likeness (QED) is 0.651. The van der Waals surface area contributed by atoms with E-state index in [2.05, 4.69) is 0 Å². The highest BCUT2D eigenvalue weighted by Gasteiger charge is 2.76. The molecule has 0 amide bonds. The molecule has 4 aliphatic carbocycles. The fourth-order valence-electron chi connectivity index (χ4n) is 7.00. The molecule has 3 saturated carbocycles. The molecule has 8 atom stereocenters. The Balaban J connectivity index is 1.85. The molecule has 3 N–H and O–H groups in total. The van der Waals surface area contributed by atoms with E-state index < -0.39 is 46.0 Å². The molecule has 3 fully saturated rings. The summed E-state index contributed by atoms with van der Waals surface area (Å²) in [6.07, 6.45) is 4.22. The summed E-state index contributed by atoms with van der Waals surface area (Å²) >= 11 is 0. The normalized spacial score (nSPS) is 54.0. The van der Waals surface area contributed by atoms with Gasteiger partial charge in [-0.3, -0.25) is 4.79 Å². The number of fused-ring (bicyclic) bond motifs is 5. The molecule has 148 valence electrons. The first kappa shape index (κ1) is 18.8. The monoisotopic (exact) mass is 378 g/mol. The Morgan fingerprint density at radius 2 is 1.96 bits per heavy atom. The van der Waals surface area contributed by atoms with E-state index in [1.54, 1.807) is 26.8 Å². The minimum absolute atomic E-state index is 0.123. The summed E-state index contributed by atoms with van der Waals surface area (Å²) < 4.78 is 16.8. The Morgan fingerprint density at radius 1 is 1.30 bits per heavy atom. The second-order valence-electron chi connectivity index (χ2n) is 9.47. The minimum atomic E-state index is -2.00. The van der Waals surface area contributed by atoms with Gasteiger partial charge in [-0.25, -0.2) is 9.18 Å². The van der Waals surface area contributed by atoms with E-state index >= 15 is 4.39 Å². The number of hydrogen-bond donors (Lipinski definition) is 3. The first-order valence-electron chi connectivity index (χ1n) is 9.70. The molecule has 0 aromatic carbocycles. The Hall–Kier alpha value is -1.53. The van der Waals surface area contributed by atoms with E-state index in [-0.39, 0.29) is 18.1 Å². The van der Waals surface area contributed by atoms with Crippen LogP contribution in [0, 0.1) is 28.6 Å². The van der Waals surface area contributed by atoms with Gasteiger partial charge < -0.3 is 15.3 Å². The lowest BCUT2D eigenvalue weighted by Crippen LogP contribution is -2.69. The number of aliphatic hydroxyl groups is 2. The number of alkyl halides is 1. The molecule has 0 bridgehead atoms. The molecule has 27 heavy (non-hydrogen) atoms. The van der Waals surface area contributed by atoms with Crippen LogP contribution in [0.1, 0.15) is 46.5 Å². The van der Waals surface area contributed by atoms with Gasteiger partial charge in [-0.1, -0.05) is 25.5 Å². The first-order valence-corrected chi connectivity index (χ1v) is 9.70. The lowest BCUT2D eigenvalue weighted by atomic mass is 9.45. The van der Waals surface area contributed by atoms with Gasteiger partial charge in [0.15, 0.2) is 17.1 Å². The molecule has 0 aromatic heterocycles. The fraction of sp³-hybridized carbons (Fsp3) is 0.714. The van der Waals surface area contributed by atoms with Crippen molar-refractivity contribution >= 4 is 11.8 Å². The van der Waals surface area contributed by atoms with Crippen LogP contribution in [0.3, 0.4) is 0 Å². The summed E-state index contributed by atoms with van der Waals surface area (Å²) in [5, 5.41) is 31.9. The first-order chi connectivity index (χ1) is 12.4. The van der Waals surface area contributed by atoms with Crippen molar-refractivity contribution in [1.29, 1.82) is 0 Å². The number of carbonyl (C=O) groups is 2. The van der Waals surface area contributed by atoms with Crippen molar-refractivity contribution in [3.63, 3.8) is 0 Å². The highest BCUT2D eigenvalue weighted by Crippen LogP contribution is 2.70. The third kappa shape index (κ3) is 1.91. The Labute approximate surface area is 158 Å². The van der Waals surface area contributed by atoms with Gasteiger partial charge in [0.1, 0.15) is 0 Å². The largest absolute Gasteiger partial charge is 0.479 e. The number of allylic oxidation sites excluding steroid dienone is 4. The molecule has 6 heteroatoms. The van der Waals surface area contributed by atoms with Crippen LogP contribution in [0.25, 0.3) is 0 Å². The Kier molecular flexibility index (Phi) is 3.69. The zero-order valence-corrected chi connectivity index (χ0v) is 15.9. The van der Waals surface area contributed by atoms with E-state index in [1.165, 1.54) is 12.2 Å². The number of ketones is 1. The van der Waals surface area contributed by atoms with E-state index in [9.17, 15) is 24.9 Å². The topological polar surface area (TPSA) is 94.8 Å². The van der Waals surface area contributed by atoms with Crippen LogP contribution < -0.4 is 0 Å². The lowest BCUT2D eigenvalue weighted by Gasteiger charge is -2.62. The standard InChI is InChI=1S/C21H27FO5/c1-11-8-15-14-5-4-12-9-13(23)6-7-18(12,2)20(14,22)16(24)10-19(15,3)21(11,27)17(25)26/h6-7,9,11,14-16,24,27H,4-5,8,10H2,1-3H3,(H,25,26)/t11-,14-,15+,16+,18?,19+,20+,21+/m1/s1. The van der Waals surface area contributed by atoms with Crippen LogP contribution in [0.4, 0.5) is 4.39 Å². The summed E-state index contributed by atoms with van der Waals surface area (Å²) in [4.78, 5) is 23.8. The summed E-state index contributed by atoms with van der Waals surface area (Å²) in [5.74, 6) is -2.94. The fourth-order valence-corrected chi connectivity index (χ4v) is 7.00. The maximum absolute atomic E-state index is 16.8. The average Bonchev–Trinajstić information content (AvgIpc) is 2.79. The number of halogens is 1. The van der Waals surface area contributed by atoms with E-state index in [4.69, 9.17) is 0 Å². The summed E-state index contributed by atoms with van der Waals surface area (Å²) in [7, 11) is 0. The van der Waals surface area contributed by atoms with Crippen molar-refractivity contribution in [2.45, 2.75) is 63.8 Å². The molecule has 1 unspecified atom stereocenters. The molecular formula is C21H27FO5. The number of rotatable bonds is 1. The van der Waals surface area contributed by atoms with E-state index in [0.29, 0.717) is 24.8 Å². The van der Waals surface area contributed by atoms with E-state index in [1.807, 2.05) is 0 Å². The number of carbonyl (C=O) groups excluding carboxylic acids is 1. The highest BCUT2D eigenvalue weighted by atomic mass is 19.1. The van der Waals surface area contributed by atoms with Gasteiger partial charge in [0.05, 0.1) is 6.10 Å². The smallest absolute Gasteiger partial charge is 0.336 e. The van der Waals surface area contributed by atoms with Crippen molar-refractivity contribution in [1.82, 2.24) is 0 Å². The minimum Gasteiger partial charge on any atom is -0.479 e. The van der Waals surface area contributed by atoms with Crippen LogP contribution in [0.15, 0.2) is 23.8 Å². The number of aliphatic carboxylic acids is 1. The third-order valence-electron chi connectivity index (χ3n) is 8.55. The van der Waals surface area contributed by atoms with E-state index in [0.717, 1.165) is 0 Å². The number of aliphatic hydroxyl groups excluding tert-OH is 1. The lowest BCUT2D eigenvalue weighted by molar-refractivity contribution is -0.225. The SMILES string of the molecule is C[C@@H]1C[C@H]2[C@H]3CCC4=CC(=O)C=CC4(C)[C@@]3(F)[C@@H](O)C[C@]2(C)[C@@]1(O)C(=O)O. The molecule has 4 rings (SSSR count). The second kappa shape index (κ2) is 5.29. The number of carboxylic acid groups (broad SMARTS) is 1.